The zero-order valence-corrected chi connectivity index (χ0v) is 13.5. The third-order valence-electron chi connectivity index (χ3n) is 5.77. The summed E-state index contributed by atoms with van der Waals surface area (Å²) in [5.41, 5.74) is 2.73. The Hall–Kier alpha value is -0.900. The number of benzene rings is 1. The molecule has 1 aromatic rings. The predicted octanol–water partition coefficient (Wildman–Crippen LogP) is 2.41. The summed E-state index contributed by atoms with van der Waals surface area (Å²) in [5, 5.41) is 11.2. The lowest BCUT2D eigenvalue weighted by Gasteiger charge is -2.43. The van der Waals surface area contributed by atoms with Crippen molar-refractivity contribution in [3.8, 4) is 0 Å². The number of aliphatic hydroxyl groups is 1. The molecule has 2 aliphatic rings. The Bertz CT molecular complexity index is 490. The van der Waals surface area contributed by atoms with Gasteiger partial charge in [-0.25, -0.2) is 0 Å². The minimum absolute atomic E-state index is 0.0314. The molecule has 3 nitrogen and oxygen atoms in total. The van der Waals surface area contributed by atoms with Crippen LogP contribution in [0.4, 0.5) is 0 Å². The molecule has 1 aliphatic heterocycles. The van der Waals surface area contributed by atoms with Crippen LogP contribution in [0.15, 0.2) is 24.3 Å². The van der Waals surface area contributed by atoms with Crippen molar-refractivity contribution in [3.63, 3.8) is 0 Å². The van der Waals surface area contributed by atoms with Gasteiger partial charge in [0.2, 0.25) is 0 Å². The first-order valence-electron chi connectivity index (χ1n) is 8.34. The van der Waals surface area contributed by atoms with Gasteiger partial charge in [0, 0.05) is 5.41 Å². The molecule has 0 amide bonds. The third kappa shape index (κ3) is 2.23. The lowest BCUT2D eigenvalue weighted by Crippen LogP contribution is -2.49. The Morgan fingerprint density at radius 2 is 1.81 bits per heavy atom. The standard InChI is InChI=1S/C18H28N2O/c1-4-20(5-2)16-14-8-6-7-9-15(14)18(17(16)21)10-12-19(3)13-11-18/h6-9,16-17,21H,4-5,10-13H2,1-3H3/t16-,17+/m0/s1. The highest BCUT2D eigenvalue weighted by Crippen LogP contribution is 2.52. The maximum Gasteiger partial charge on any atom is 0.0834 e. The highest BCUT2D eigenvalue weighted by Gasteiger charge is 2.53. The fourth-order valence-electron chi connectivity index (χ4n) is 4.44. The van der Waals surface area contributed by atoms with Gasteiger partial charge in [0.15, 0.2) is 0 Å². The van der Waals surface area contributed by atoms with E-state index in [1.54, 1.807) is 0 Å². The van der Waals surface area contributed by atoms with E-state index in [-0.39, 0.29) is 17.6 Å². The Labute approximate surface area is 128 Å². The second kappa shape index (κ2) is 5.71. The van der Waals surface area contributed by atoms with Gasteiger partial charge in [-0.05, 0) is 57.2 Å². The van der Waals surface area contributed by atoms with Crippen molar-refractivity contribution in [2.45, 2.75) is 44.2 Å². The van der Waals surface area contributed by atoms with Crippen molar-refractivity contribution in [2.24, 2.45) is 0 Å². The van der Waals surface area contributed by atoms with Crippen molar-refractivity contribution in [1.82, 2.24) is 9.80 Å². The first kappa shape index (κ1) is 15.0. The van der Waals surface area contributed by atoms with Crippen molar-refractivity contribution in [2.75, 3.05) is 33.2 Å². The second-order valence-electron chi connectivity index (χ2n) is 6.66. The Kier molecular flexibility index (Phi) is 4.08. The number of hydrogen-bond donors (Lipinski definition) is 1. The summed E-state index contributed by atoms with van der Waals surface area (Å²) < 4.78 is 0. The number of nitrogens with zero attached hydrogens (tertiary/aromatic N) is 2. The molecule has 116 valence electrons. The second-order valence-corrected chi connectivity index (χ2v) is 6.66. The van der Waals surface area contributed by atoms with Gasteiger partial charge in [0.25, 0.3) is 0 Å². The van der Waals surface area contributed by atoms with E-state index in [9.17, 15) is 5.11 Å². The average molecular weight is 288 g/mol. The Morgan fingerprint density at radius 3 is 2.43 bits per heavy atom. The minimum Gasteiger partial charge on any atom is -0.390 e. The normalized spacial score (nSPS) is 28.2. The molecule has 3 heteroatoms. The topological polar surface area (TPSA) is 26.7 Å². The van der Waals surface area contributed by atoms with E-state index in [4.69, 9.17) is 0 Å². The van der Waals surface area contributed by atoms with Crippen LogP contribution in [0.25, 0.3) is 0 Å². The van der Waals surface area contributed by atoms with Crippen LogP contribution in [0, 0.1) is 0 Å². The quantitative estimate of drug-likeness (QED) is 0.925. The van der Waals surface area contributed by atoms with E-state index >= 15 is 0 Å². The Morgan fingerprint density at radius 1 is 1.19 bits per heavy atom. The number of hydrogen-bond acceptors (Lipinski definition) is 3. The van der Waals surface area contributed by atoms with Crippen molar-refractivity contribution < 1.29 is 5.11 Å². The van der Waals surface area contributed by atoms with Gasteiger partial charge in [-0.3, -0.25) is 4.90 Å². The summed E-state index contributed by atoms with van der Waals surface area (Å²) in [6.07, 6.45) is 1.86. The Balaban J connectivity index is 2.04. The fourth-order valence-corrected chi connectivity index (χ4v) is 4.44. The van der Waals surface area contributed by atoms with Crippen LogP contribution in [-0.4, -0.2) is 54.2 Å². The van der Waals surface area contributed by atoms with Gasteiger partial charge in [-0.2, -0.15) is 0 Å². The molecule has 3 rings (SSSR count). The van der Waals surface area contributed by atoms with Crippen LogP contribution >= 0.6 is 0 Å². The van der Waals surface area contributed by atoms with Gasteiger partial charge in [0.05, 0.1) is 12.1 Å². The van der Waals surface area contributed by atoms with Crippen LogP contribution in [0.3, 0.4) is 0 Å². The molecular formula is C18H28N2O. The predicted molar refractivity (Wildman–Crippen MR) is 86.5 cm³/mol. The number of piperidine rings is 1. The van der Waals surface area contributed by atoms with Crippen LogP contribution in [0.5, 0.6) is 0 Å². The summed E-state index contributed by atoms with van der Waals surface area (Å²) in [7, 11) is 2.18. The third-order valence-corrected chi connectivity index (χ3v) is 5.77. The number of fused-ring (bicyclic) bond motifs is 2. The monoisotopic (exact) mass is 288 g/mol. The van der Waals surface area contributed by atoms with Gasteiger partial charge in [0.1, 0.15) is 0 Å². The SMILES string of the molecule is CCN(CC)[C@H]1c2ccccc2C2(CCN(C)CC2)[C@@H]1O. The molecule has 0 aromatic heterocycles. The zero-order valence-electron chi connectivity index (χ0n) is 13.5. The molecule has 0 radical (unpaired) electrons. The van der Waals surface area contributed by atoms with Crippen molar-refractivity contribution in [1.29, 1.82) is 0 Å². The highest BCUT2D eigenvalue weighted by molar-refractivity contribution is 5.45. The molecule has 2 atom stereocenters. The van der Waals surface area contributed by atoms with E-state index in [1.807, 2.05) is 0 Å². The lowest BCUT2D eigenvalue weighted by molar-refractivity contribution is -0.0100. The van der Waals surface area contributed by atoms with Crippen LogP contribution in [0.1, 0.15) is 43.9 Å². The minimum atomic E-state index is -0.275. The molecule has 1 spiro atoms. The van der Waals surface area contributed by atoms with Gasteiger partial charge in [-0.1, -0.05) is 38.1 Å². The van der Waals surface area contributed by atoms with Gasteiger partial charge < -0.3 is 10.0 Å². The van der Waals surface area contributed by atoms with Crippen LogP contribution in [-0.2, 0) is 5.41 Å². The molecule has 1 fully saturated rings. The number of likely N-dealkylation sites (tertiary alicyclic amines) is 1. The van der Waals surface area contributed by atoms with Crippen molar-refractivity contribution >= 4 is 0 Å². The summed E-state index contributed by atoms with van der Waals surface area (Å²) in [4.78, 5) is 4.79. The molecule has 21 heavy (non-hydrogen) atoms. The van der Waals surface area contributed by atoms with E-state index in [2.05, 4.69) is 55.0 Å². The van der Waals surface area contributed by atoms with Gasteiger partial charge in [-0.15, -0.1) is 0 Å². The first-order chi connectivity index (χ1) is 10.1. The van der Waals surface area contributed by atoms with Gasteiger partial charge >= 0.3 is 0 Å². The van der Waals surface area contributed by atoms with E-state index in [1.165, 1.54) is 11.1 Å². The largest absolute Gasteiger partial charge is 0.390 e. The smallest absolute Gasteiger partial charge is 0.0834 e. The molecule has 1 aliphatic carbocycles. The van der Waals surface area contributed by atoms with E-state index in [0.29, 0.717) is 0 Å². The molecule has 1 heterocycles. The summed E-state index contributed by atoms with van der Waals surface area (Å²) in [5.74, 6) is 0. The maximum atomic E-state index is 11.2. The van der Waals surface area contributed by atoms with E-state index in [0.717, 1.165) is 39.0 Å². The number of likely N-dealkylation sites (N-methyl/N-ethyl adjacent to an activating group) is 1. The molecule has 1 N–H and O–H groups in total. The molecule has 1 aromatic carbocycles. The van der Waals surface area contributed by atoms with Crippen LogP contribution < -0.4 is 0 Å². The molecule has 0 unspecified atom stereocenters. The summed E-state index contributed by atoms with van der Waals surface area (Å²) in [6.45, 7) is 8.52. The molecular weight excluding hydrogens is 260 g/mol. The molecule has 1 saturated heterocycles. The molecule has 0 saturated carbocycles. The fraction of sp³-hybridized carbons (Fsp3) is 0.667. The number of rotatable bonds is 3. The lowest BCUT2D eigenvalue weighted by atomic mass is 9.72. The van der Waals surface area contributed by atoms with E-state index < -0.39 is 0 Å². The highest BCUT2D eigenvalue weighted by atomic mass is 16.3. The summed E-state index contributed by atoms with van der Waals surface area (Å²) >= 11 is 0. The zero-order chi connectivity index (χ0) is 15.0. The average Bonchev–Trinajstić information content (AvgIpc) is 2.75. The maximum absolute atomic E-state index is 11.2. The molecule has 0 bridgehead atoms. The van der Waals surface area contributed by atoms with Crippen LogP contribution in [0.2, 0.25) is 0 Å². The van der Waals surface area contributed by atoms with Crippen molar-refractivity contribution in [3.05, 3.63) is 35.4 Å². The first-order valence-corrected chi connectivity index (χ1v) is 8.34. The number of aliphatic hydroxyl groups excluding tert-OH is 1. The summed E-state index contributed by atoms with van der Waals surface area (Å²) in [6, 6.07) is 8.91.